The summed E-state index contributed by atoms with van der Waals surface area (Å²) in [7, 11) is 1.91. The van der Waals surface area contributed by atoms with Crippen LogP contribution in [-0.4, -0.2) is 42.5 Å². The maximum Gasteiger partial charge on any atom is 0.239 e. The average molecular weight is 279 g/mol. The van der Waals surface area contributed by atoms with Crippen LogP contribution in [-0.2, 0) is 4.79 Å². The molecule has 1 heterocycles. The van der Waals surface area contributed by atoms with Gasteiger partial charge in [0.05, 0.1) is 0 Å². The van der Waals surface area contributed by atoms with Gasteiger partial charge in [-0.25, -0.2) is 0 Å². The fourth-order valence-electron chi connectivity index (χ4n) is 4.64. The van der Waals surface area contributed by atoms with Gasteiger partial charge in [-0.15, -0.1) is 0 Å². The van der Waals surface area contributed by atoms with Crippen LogP contribution in [0.15, 0.2) is 0 Å². The molecule has 1 aliphatic heterocycles. The molecule has 3 rings (SSSR count). The Balaban J connectivity index is 1.72. The fourth-order valence-corrected chi connectivity index (χ4v) is 4.64. The molecule has 2 atom stereocenters. The van der Waals surface area contributed by atoms with E-state index < -0.39 is 5.54 Å². The van der Waals surface area contributed by atoms with Gasteiger partial charge in [-0.3, -0.25) is 9.69 Å². The second-order valence-electron chi connectivity index (χ2n) is 7.08. The Kier molecular flexibility index (Phi) is 4.04. The Morgan fingerprint density at radius 3 is 2.45 bits per heavy atom. The molecule has 0 bridgehead atoms. The molecule has 2 saturated carbocycles. The monoisotopic (exact) mass is 279 g/mol. The van der Waals surface area contributed by atoms with E-state index in [0.29, 0.717) is 12.0 Å². The van der Waals surface area contributed by atoms with Gasteiger partial charge >= 0.3 is 0 Å². The van der Waals surface area contributed by atoms with Gasteiger partial charge in [0.15, 0.2) is 0 Å². The van der Waals surface area contributed by atoms with E-state index in [4.69, 9.17) is 5.73 Å². The number of hydrogen-bond donors (Lipinski definition) is 2. The van der Waals surface area contributed by atoms with Gasteiger partial charge in [0.1, 0.15) is 5.54 Å². The molecule has 4 nitrogen and oxygen atoms in total. The molecule has 4 heteroatoms. The van der Waals surface area contributed by atoms with Crippen LogP contribution in [0.5, 0.6) is 0 Å². The molecule has 0 aromatic heterocycles. The second-order valence-corrected chi connectivity index (χ2v) is 7.08. The molecular weight excluding hydrogens is 250 g/mol. The number of carbonyl (C=O) groups excluding carboxylic acids is 1. The van der Waals surface area contributed by atoms with Crippen molar-refractivity contribution >= 4 is 5.91 Å². The standard InChI is InChI=1S/C16H29N3O/c1-18-16(15(17)20,13-8-9-13)11-19-10-4-7-14(19)12-5-2-3-6-12/h12-14,18H,2-11H2,1H3,(H2,17,20). The van der Waals surface area contributed by atoms with Crippen LogP contribution in [0, 0.1) is 11.8 Å². The molecule has 3 aliphatic rings. The van der Waals surface area contributed by atoms with E-state index in [9.17, 15) is 4.79 Å². The summed E-state index contributed by atoms with van der Waals surface area (Å²) in [6, 6.07) is 0.698. The molecule has 2 aliphatic carbocycles. The van der Waals surface area contributed by atoms with Crippen molar-refractivity contribution in [2.45, 2.75) is 62.9 Å². The summed E-state index contributed by atoms with van der Waals surface area (Å²) in [4.78, 5) is 14.7. The van der Waals surface area contributed by atoms with E-state index in [1.807, 2.05) is 7.05 Å². The van der Waals surface area contributed by atoms with Gasteiger partial charge in [-0.1, -0.05) is 12.8 Å². The lowest BCUT2D eigenvalue weighted by Gasteiger charge is -2.38. The summed E-state index contributed by atoms with van der Waals surface area (Å²) in [5, 5.41) is 3.30. The Hall–Kier alpha value is -0.610. The minimum absolute atomic E-state index is 0.153. The zero-order valence-corrected chi connectivity index (χ0v) is 12.7. The second kappa shape index (κ2) is 5.64. The number of primary amides is 1. The summed E-state index contributed by atoms with van der Waals surface area (Å²) in [5.74, 6) is 1.16. The third-order valence-electron chi connectivity index (χ3n) is 5.97. The van der Waals surface area contributed by atoms with E-state index in [1.54, 1.807) is 0 Å². The Bertz CT molecular complexity index is 363. The van der Waals surface area contributed by atoms with Crippen molar-refractivity contribution in [2.75, 3.05) is 20.1 Å². The zero-order valence-electron chi connectivity index (χ0n) is 12.7. The normalized spacial score (nSPS) is 31.6. The summed E-state index contributed by atoms with van der Waals surface area (Å²) in [5.41, 5.74) is 5.29. The van der Waals surface area contributed by atoms with Crippen molar-refractivity contribution in [3.63, 3.8) is 0 Å². The van der Waals surface area contributed by atoms with Crippen molar-refractivity contribution in [2.24, 2.45) is 17.6 Å². The van der Waals surface area contributed by atoms with Gasteiger partial charge in [-0.05, 0) is 64.0 Å². The topological polar surface area (TPSA) is 58.4 Å². The summed E-state index contributed by atoms with van der Waals surface area (Å²) in [6.45, 7) is 1.97. The van der Waals surface area contributed by atoms with Crippen molar-refractivity contribution in [1.29, 1.82) is 0 Å². The maximum absolute atomic E-state index is 12.1. The van der Waals surface area contributed by atoms with Crippen LogP contribution >= 0.6 is 0 Å². The molecule has 20 heavy (non-hydrogen) atoms. The van der Waals surface area contributed by atoms with Crippen molar-refractivity contribution in [3.05, 3.63) is 0 Å². The number of nitrogens with one attached hydrogen (secondary N) is 1. The highest BCUT2D eigenvalue weighted by molar-refractivity contribution is 5.86. The number of carbonyl (C=O) groups is 1. The quantitative estimate of drug-likeness (QED) is 0.774. The minimum atomic E-state index is -0.485. The molecule has 0 aromatic carbocycles. The highest BCUT2D eigenvalue weighted by atomic mass is 16.1. The van der Waals surface area contributed by atoms with Crippen LogP contribution in [0.3, 0.4) is 0 Å². The first-order valence-corrected chi connectivity index (χ1v) is 8.40. The Morgan fingerprint density at radius 1 is 1.20 bits per heavy atom. The van der Waals surface area contributed by atoms with Crippen LogP contribution in [0.2, 0.25) is 0 Å². The highest BCUT2D eigenvalue weighted by Crippen LogP contribution is 2.42. The number of nitrogens with two attached hydrogens (primary N) is 1. The highest BCUT2D eigenvalue weighted by Gasteiger charge is 2.51. The lowest BCUT2D eigenvalue weighted by molar-refractivity contribution is -0.126. The molecule has 0 aromatic rings. The van der Waals surface area contributed by atoms with Crippen molar-refractivity contribution in [1.82, 2.24) is 10.2 Å². The van der Waals surface area contributed by atoms with E-state index in [-0.39, 0.29) is 5.91 Å². The molecule has 1 amide bonds. The smallest absolute Gasteiger partial charge is 0.239 e. The number of hydrogen-bond acceptors (Lipinski definition) is 3. The first-order chi connectivity index (χ1) is 9.67. The molecule has 3 N–H and O–H groups in total. The van der Waals surface area contributed by atoms with Gasteiger partial charge < -0.3 is 11.1 Å². The van der Waals surface area contributed by atoms with Crippen LogP contribution < -0.4 is 11.1 Å². The van der Waals surface area contributed by atoms with Gasteiger partial charge in [0.25, 0.3) is 0 Å². The molecule has 114 valence electrons. The molecule has 2 unspecified atom stereocenters. The number of likely N-dealkylation sites (N-methyl/N-ethyl adjacent to an activating group) is 1. The number of rotatable bonds is 6. The number of likely N-dealkylation sites (tertiary alicyclic amines) is 1. The third-order valence-corrected chi connectivity index (χ3v) is 5.97. The van der Waals surface area contributed by atoms with Gasteiger partial charge in [-0.2, -0.15) is 0 Å². The Morgan fingerprint density at radius 2 is 1.90 bits per heavy atom. The zero-order chi connectivity index (χ0) is 14.2. The maximum atomic E-state index is 12.1. The first-order valence-electron chi connectivity index (χ1n) is 8.40. The molecule has 1 saturated heterocycles. The van der Waals surface area contributed by atoms with Crippen molar-refractivity contribution < 1.29 is 4.79 Å². The Labute approximate surface area is 122 Å². The predicted molar refractivity (Wildman–Crippen MR) is 80.3 cm³/mol. The largest absolute Gasteiger partial charge is 0.368 e. The van der Waals surface area contributed by atoms with E-state index in [2.05, 4.69) is 10.2 Å². The first kappa shape index (κ1) is 14.3. The molecule has 0 spiro atoms. The van der Waals surface area contributed by atoms with Crippen molar-refractivity contribution in [3.8, 4) is 0 Å². The third kappa shape index (κ3) is 2.48. The van der Waals surface area contributed by atoms with E-state index >= 15 is 0 Å². The molecule has 0 radical (unpaired) electrons. The lowest BCUT2D eigenvalue weighted by Crippen LogP contribution is -2.63. The molecular formula is C16H29N3O. The lowest BCUT2D eigenvalue weighted by atomic mass is 9.89. The fraction of sp³-hybridized carbons (Fsp3) is 0.938. The van der Waals surface area contributed by atoms with Gasteiger partial charge in [0, 0.05) is 12.6 Å². The minimum Gasteiger partial charge on any atom is -0.368 e. The molecule has 3 fully saturated rings. The van der Waals surface area contributed by atoms with E-state index in [0.717, 1.165) is 31.8 Å². The summed E-state index contributed by atoms with van der Waals surface area (Å²) < 4.78 is 0. The average Bonchev–Trinajstić information content (AvgIpc) is 2.97. The number of nitrogens with zero attached hydrogens (tertiary/aromatic N) is 1. The number of amides is 1. The van der Waals surface area contributed by atoms with Crippen LogP contribution in [0.1, 0.15) is 51.4 Å². The predicted octanol–water partition coefficient (Wildman–Crippen LogP) is 1.49. The van der Waals surface area contributed by atoms with Gasteiger partial charge in [0.2, 0.25) is 5.91 Å². The van der Waals surface area contributed by atoms with E-state index in [1.165, 1.54) is 38.5 Å². The summed E-state index contributed by atoms with van der Waals surface area (Å²) >= 11 is 0. The van der Waals surface area contributed by atoms with Crippen LogP contribution in [0.25, 0.3) is 0 Å². The summed E-state index contributed by atoms with van der Waals surface area (Å²) in [6.07, 6.45) is 10.4. The SMILES string of the molecule is CNC(CN1CCCC1C1CCCC1)(C(N)=O)C1CC1. The van der Waals surface area contributed by atoms with Crippen LogP contribution in [0.4, 0.5) is 0 Å².